The number of nitrogens with zero attached hydrogens (tertiary/aromatic N) is 2. The minimum absolute atomic E-state index is 0.0319. The van der Waals surface area contributed by atoms with Gasteiger partial charge in [-0.05, 0) is 22.0 Å². The molecule has 0 aliphatic carbocycles. The molecule has 6 heteroatoms. The van der Waals surface area contributed by atoms with Crippen molar-refractivity contribution in [2.75, 3.05) is 0 Å². The molecule has 0 aliphatic rings. The smallest absolute Gasteiger partial charge is 0.281 e. The van der Waals surface area contributed by atoms with Gasteiger partial charge >= 0.3 is 0 Å². The molecule has 0 unspecified atom stereocenters. The Labute approximate surface area is 87.7 Å². The van der Waals surface area contributed by atoms with E-state index in [9.17, 15) is 8.78 Å². The fourth-order valence-corrected chi connectivity index (χ4v) is 1.44. The molecular weight excluding hydrogens is 256 g/mol. The minimum Gasteiger partial charge on any atom is -0.325 e. The molecule has 3 nitrogen and oxygen atoms in total. The summed E-state index contributed by atoms with van der Waals surface area (Å²) in [5.41, 5.74) is 5.28. The number of alkyl halides is 2. The Morgan fingerprint density at radius 3 is 2.71 bits per heavy atom. The molecule has 1 aromatic heterocycles. The maximum absolute atomic E-state index is 12.4. The van der Waals surface area contributed by atoms with Crippen molar-refractivity contribution >= 4 is 15.9 Å². The molecule has 0 atom stereocenters. The van der Waals surface area contributed by atoms with E-state index in [0.717, 1.165) is 0 Å². The van der Waals surface area contributed by atoms with E-state index in [2.05, 4.69) is 20.9 Å². The van der Waals surface area contributed by atoms with Crippen molar-refractivity contribution in [3.8, 4) is 6.07 Å². The third-order valence-corrected chi connectivity index (χ3v) is 2.24. The van der Waals surface area contributed by atoms with Crippen LogP contribution in [0.2, 0.25) is 0 Å². The van der Waals surface area contributed by atoms with Gasteiger partial charge in [0.25, 0.3) is 6.43 Å². The molecule has 1 rings (SSSR count). The van der Waals surface area contributed by atoms with Crippen LogP contribution < -0.4 is 5.73 Å². The van der Waals surface area contributed by atoms with Crippen LogP contribution >= 0.6 is 15.9 Å². The van der Waals surface area contributed by atoms with E-state index in [1.807, 2.05) is 6.07 Å². The number of pyridine rings is 1. The van der Waals surface area contributed by atoms with Gasteiger partial charge in [0, 0.05) is 11.0 Å². The van der Waals surface area contributed by atoms with Gasteiger partial charge in [0.1, 0.15) is 11.8 Å². The van der Waals surface area contributed by atoms with Gasteiger partial charge in [-0.2, -0.15) is 5.26 Å². The van der Waals surface area contributed by atoms with Gasteiger partial charge in [-0.1, -0.05) is 0 Å². The fourth-order valence-electron chi connectivity index (χ4n) is 0.948. The van der Waals surface area contributed by atoms with E-state index in [0.29, 0.717) is 0 Å². The SMILES string of the molecule is N#Cc1cc(Br)c(C(F)F)nc1CN. The molecule has 0 aliphatic heterocycles. The molecular formula is C8H6BrF2N3. The quantitative estimate of drug-likeness (QED) is 0.887. The Morgan fingerprint density at radius 2 is 2.29 bits per heavy atom. The summed E-state index contributed by atoms with van der Waals surface area (Å²) in [7, 11) is 0. The first-order valence-corrected chi connectivity index (χ1v) is 4.47. The van der Waals surface area contributed by atoms with Crippen LogP contribution in [0.4, 0.5) is 8.78 Å². The van der Waals surface area contributed by atoms with E-state index in [1.54, 1.807) is 0 Å². The molecule has 0 spiro atoms. The normalized spacial score (nSPS) is 10.3. The molecule has 0 saturated carbocycles. The maximum Gasteiger partial charge on any atom is 0.281 e. The molecule has 0 radical (unpaired) electrons. The topological polar surface area (TPSA) is 62.7 Å². The fraction of sp³-hybridized carbons (Fsp3) is 0.250. The van der Waals surface area contributed by atoms with E-state index in [-0.39, 0.29) is 28.0 Å². The minimum atomic E-state index is -2.68. The summed E-state index contributed by atoms with van der Waals surface area (Å²) < 4.78 is 24.9. The number of hydrogen-bond donors (Lipinski definition) is 1. The zero-order chi connectivity index (χ0) is 10.7. The second kappa shape index (κ2) is 4.44. The number of rotatable bonds is 2. The summed E-state index contributed by atoms with van der Waals surface area (Å²) in [4.78, 5) is 3.62. The summed E-state index contributed by atoms with van der Waals surface area (Å²) in [6.45, 7) is -0.0319. The van der Waals surface area contributed by atoms with Gasteiger partial charge in [-0.15, -0.1) is 0 Å². The first-order valence-electron chi connectivity index (χ1n) is 3.67. The molecule has 0 saturated heterocycles. The predicted molar refractivity (Wildman–Crippen MR) is 49.5 cm³/mol. The molecule has 0 aromatic carbocycles. The van der Waals surface area contributed by atoms with Crippen LogP contribution in [0.1, 0.15) is 23.4 Å². The standard InChI is InChI=1S/C8H6BrF2N3/c9-5-1-4(2-12)6(3-13)14-7(5)8(10)11/h1,8H,3,13H2. The lowest BCUT2D eigenvalue weighted by molar-refractivity contribution is 0.145. The molecule has 2 N–H and O–H groups in total. The number of halogens is 3. The molecule has 74 valence electrons. The maximum atomic E-state index is 12.4. The van der Waals surface area contributed by atoms with Crippen LogP contribution in [-0.2, 0) is 6.54 Å². The summed E-state index contributed by atoms with van der Waals surface area (Å²) in [5, 5.41) is 8.65. The lowest BCUT2D eigenvalue weighted by Crippen LogP contribution is -2.06. The third-order valence-electron chi connectivity index (χ3n) is 1.60. The van der Waals surface area contributed by atoms with Crippen LogP contribution in [0.25, 0.3) is 0 Å². The van der Waals surface area contributed by atoms with Gasteiger partial charge < -0.3 is 5.73 Å². The highest BCUT2D eigenvalue weighted by molar-refractivity contribution is 9.10. The summed E-state index contributed by atoms with van der Waals surface area (Å²) in [5.74, 6) is 0. The van der Waals surface area contributed by atoms with Crippen molar-refractivity contribution in [3.63, 3.8) is 0 Å². The number of nitrogens with two attached hydrogens (primary N) is 1. The van der Waals surface area contributed by atoms with Crippen LogP contribution in [0.5, 0.6) is 0 Å². The van der Waals surface area contributed by atoms with Crippen molar-refractivity contribution in [2.45, 2.75) is 13.0 Å². The van der Waals surface area contributed by atoms with Gasteiger partial charge in [0.2, 0.25) is 0 Å². The average molecular weight is 262 g/mol. The Kier molecular flexibility index (Phi) is 3.49. The molecule has 14 heavy (non-hydrogen) atoms. The second-order valence-corrected chi connectivity index (χ2v) is 3.32. The van der Waals surface area contributed by atoms with Crippen molar-refractivity contribution in [2.24, 2.45) is 5.73 Å². The second-order valence-electron chi connectivity index (χ2n) is 2.47. The lowest BCUT2D eigenvalue weighted by atomic mass is 10.2. The van der Waals surface area contributed by atoms with Crippen LogP contribution in [0.15, 0.2) is 10.5 Å². The van der Waals surface area contributed by atoms with Crippen LogP contribution in [-0.4, -0.2) is 4.98 Å². The molecule has 1 heterocycles. The monoisotopic (exact) mass is 261 g/mol. The number of nitriles is 1. The van der Waals surface area contributed by atoms with Crippen LogP contribution in [0.3, 0.4) is 0 Å². The molecule has 0 bridgehead atoms. The highest BCUT2D eigenvalue weighted by Gasteiger charge is 2.16. The van der Waals surface area contributed by atoms with Gasteiger partial charge in [-0.25, -0.2) is 13.8 Å². The average Bonchev–Trinajstić information content (AvgIpc) is 2.16. The van der Waals surface area contributed by atoms with Crippen molar-refractivity contribution in [1.29, 1.82) is 5.26 Å². The zero-order valence-electron chi connectivity index (χ0n) is 6.97. The predicted octanol–water partition coefficient (Wildman–Crippen LogP) is 2.11. The number of hydrogen-bond acceptors (Lipinski definition) is 3. The van der Waals surface area contributed by atoms with Crippen molar-refractivity contribution in [1.82, 2.24) is 4.98 Å². The van der Waals surface area contributed by atoms with E-state index in [1.165, 1.54) is 6.07 Å². The number of aromatic nitrogens is 1. The van der Waals surface area contributed by atoms with E-state index >= 15 is 0 Å². The first-order chi connectivity index (χ1) is 6.60. The summed E-state index contributed by atoms with van der Waals surface area (Å²) >= 11 is 2.92. The van der Waals surface area contributed by atoms with Crippen LogP contribution in [0, 0.1) is 11.3 Å². The van der Waals surface area contributed by atoms with E-state index in [4.69, 9.17) is 11.0 Å². The highest BCUT2D eigenvalue weighted by Crippen LogP contribution is 2.27. The third kappa shape index (κ3) is 2.05. The molecule has 1 aromatic rings. The Morgan fingerprint density at radius 1 is 1.64 bits per heavy atom. The Bertz CT molecular complexity index is 386. The van der Waals surface area contributed by atoms with E-state index < -0.39 is 6.43 Å². The van der Waals surface area contributed by atoms with Gasteiger partial charge in [0.15, 0.2) is 0 Å². The summed E-state index contributed by atoms with van der Waals surface area (Å²) in [6, 6.07) is 3.14. The largest absolute Gasteiger partial charge is 0.325 e. The van der Waals surface area contributed by atoms with Crippen molar-refractivity contribution in [3.05, 3.63) is 27.5 Å². The first kappa shape index (κ1) is 11.0. The Balaban J connectivity index is 3.32. The van der Waals surface area contributed by atoms with Gasteiger partial charge in [-0.3, -0.25) is 0 Å². The highest BCUT2D eigenvalue weighted by atomic mass is 79.9. The zero-order valence-corrected chi connectivity index (χ0v) is 8.55. The van der Waals surface area contributed by atoms with Gasteiger partial charge in [0.05, 0.1) is 11.3 Å². The lowest BCUT2D eigenvalue weighted by Gasteiger charge is -2.06. The Hall–Kier alpha value is -1.06. The molecule has 0 fully saturated rings. The summed E-state index contributed by atoms with van der Waals surface area (Å²) in [6.07, 6.45) is -2.68. The molecule has 0 amide bonds. The van der Waals surface area contributed by atoms with Crippen molar-refractivity contribution < 1.29 is 8.78 Å².